The number of halogens is 3. The van der Waals surface area contributed by atoms with Crippen LogP contribution in [0.2, 0.25) is 0 Å². The maximum absolute atomic E-state index is 13.1. The lowest BCUT2D eigenvalue weighted by atomic mass is 10.1. The van der Waals surface area contributed by atoms with Gasteiger partial charge in [0.15, 0.2) is 6.04 Å². The first-order chi connectivity index (χ1) is 9.45. The molecule has 0 bridgehead atoms. The van der Waals surface area contributed by atoms with Crippen LogP contribution in [0.25, 0.3) is 0 Å². The van der Waals surface area contributed by atoms with Gasteiger partial charge in [0.2, 0.25) is 11.9 Å². The van der Waals surface area contributed by atoms with Crippen LogP contribution in [0.5, 0.6) is 0 Å². The molecule has 0 aromatic carbocycles. The van der Waals surface area contributed by atoms with E-state index in [2.05, 4.69) is 20.7 Å². The Hall–Kier alpha value is -1.51. The molecule has 2 aliphatic heterocycles. The van der Waals surface area contributed by atoms with Crippen LogP contribution >= 0.6 is 0 Å². The van der Waals surface area contributed by atoms with Crippen molar-refractivity contribution >= 4 is 11.9 Å². The molecule has 112 valence electrons. The molecule has 1 aromatic rings. The van der Waals surface area contributed by atoms with Crippen LogP contribution in [-0.2, 0) is 0 Å². The lowest BCUT2D eigenvalue weighted by Crippen LogP contribution is -2.44. The quantitative estimate of drug-likeness (QED) is 0.808. The minimum Gasteiger partial charge on any atom is -0.352 e. The Labute approximate surface area is 114 Å². The third-order valence-corrected chi connectivity index (χ3v) is 3.65. The lowest BCUT2D eigenvalue weighted by molar-refractivity contribution is -0.173. The van der Waals surface area contributed by atoms with E-state index in [0.717, 1.165) is 17.8 Å². The molecule has 0 aliphatic carbocycles. The normalized spacial score (nSPS) is 27.1. The zero-order valence-corrected chi connectivity index (χ0v) is 11.1. The molecule has 3 rings (SSSR count). The molecule has 6 nitrogen and oxygen atoms in total. The molecule has 1 fully saturated rings. The lowest BCUT2D eigenvalue weighted by Gasteiger charge is -2.30. The van der Waals surface area contributed by atoms with Crippen molar-refractivity contribution < 1.29 is 13.2 Å². The summed E-state index contributed by atoms with van der Waals surface area (Å²) < 4.78 is 40.3. The summed E-state index contributed by atoms with van der Waals surface area (Å²) in [6.07, 6.45) is -4.33. The van der Waals surface area contributed by atoms with Crippen molar-refractivity contribution in [2.75, 3.05) is 36.4 Å². The summed E-state index contributed by atoms with van der Waals surface area (Å²) in [6.45, 7) is 4.71. The third kappa shape index (κ3) is 2.41. The number of hydrogen-bond donors (Lipinski definition) is 2. The Bertz CT molecular complexity index is 479. The van der Waals surface area contributed by atoms with Crippen molar-refractivity contribution in [3.05, 3.63) is 0 Å². The van der Waals surface area contributed by atoms with Crippen LogP contribution in [0.1, 0.15) is 19.4 Å². The number of fused-ring (bicyclic) bond motifs is 1. The zero-order chi connectivity index (χ0) is 14.3. The van der Waals surface area contributed by atoms with Gasteiger partial charge < -0.3 is 15.5 Å². The van der Waals surface area contributed by atoms with Crippen LogP contribution in [0.15, 0.2) is 0 Å². The average Bonchev–Trinajstić information content (AvgIpc) is 2.81. The number of aromatic nitrogens is 3. The average molecular weight is 290 g/mol. The van der Waals surface area contributed by atoms with Crippen molar-refractivity contribution in [2.45, 2.75) is 31.6 Å². The van der Waals surface area contributed by atoms with Gasteiger partial charge in [-0.3, -0.25) is 0 Å². The number of nitrogens with one attached hydrogen (secondary N) is 2. The summed E-state index contributed by atoms with van der Waals surface area (Å²) in [6, 6.07) is -1.87. The highest BCUT2D eigenvalue weighted by Gasteiger charge is 2.46. The minimum atomic E-state index is -4.31. The van der Waals surface area contributed by atoms with Crippen LogP contribution in [0, 0.1) is 0 Å². The number of piperazine rings is 1. The summed E-state index contributed by atoms with van der Waals surface area (Å²) in [5.74, 6) is 0.581. The highest BCUT2D eigenvalue weighted by Crippen LogP contribution is 2.39. The number of alkyl halides is 3. The second-order valence-electron chi connectivity index (χ2n) is 5.26. The summed E-state index contributed by atoms with van der Waals surface area (Å²) in [5, 5.41) is 10.2. The molecule has 9 heteroatoms. The predicted molar refractivity (Wildman–Crippen MR) is 67.9 cm³/mol. The largest absolute Gasteiger partial charge is 0.411 e. The van der Waals surface area contributed by atoms with Gasteiger partial charge in [0.05, 0.1) is 0 Å². The van der Waals surface area contributed by atoms with Gasteiger partial charge in [-0.15, -0.1) is 5.10 Å². The SMILES string of the molecule is CC1CC(C(F)(F)F)n2nc(N3CCNCC3)nc2N1. The van der Waals surface area contributed by atoms with E-state index in [9.17, 15) is 13.2 Å². The maximum atomic E-state index is 13.1. The summed E-state index contributed by atoms with van der Waals surface area (Å²) >= 11 is 0. The topological polar surface area (TPSA) is 58.0 Å². The second-order valence-corrected chi connectivity index (χ2v) is 5.26. The van der Waals surface area contributed by atoms with Crippen LogP contribution in [0.3, 0.4) is 0 Å². The fourth-order valence-electron chi connectivity index (χ4n) is 2.61. The molecule has 1 aromatic heterocycles. The van der Waals surface area contributed by atoms with Gasteiger partial charge in [-0.05, 0) is 13.3 Å². The molecule has 0 radical (unpaired) electrons. The van der Waals surface area contributed by atoms with Crippen LogP contribution in [-0.4, -0.2) is 53.2 Å². The fourth-order valence-corrected chi connectivity index (χ4v) is 2.61. The minimum absolute atomic E-state index is 0.0269. The smallest absolute Gasteiger partial charge is 0.352 e. The first-order valence-corrected chi connectivity index (χ1v) is 6.70. The van der Waals surface area contributed by atoms with E-state index in [4.69, 9.17) is 0 Å². The molecule has 1 saturated heterocycles. The number of anilines is 2. The summed E-state index contributed by atoms with van der Waals surface area (Å²) in [5.41, 5.74) is 0. The Morgan fingerprint density at radius 1 is 1.25 bits per heavy atom. The first kappa shape index (κ1) is 13.5. The van der Waals surface area contributed by atoms with E-state index in [1.165, 1.54) is 0 Å². The van der Waals surface area contributed by atoms with E-state index < -0.39 is 12.2 Å². The van der Waals surface area contributed by atoms with Gasteiger partial charge in [0, 0.05) is 32.2 Å². The highest BCUT2D eigenvalue weighted by molar-refractivity contribution is 5.40. The van der Waals surface area contributed by atoms with Crippen molar-refractivity contribution in [1.29, 1.82) is 0 Å². The molecule has 0 saturated carbocycles. The van der Waals surface area contributed by atoms with Crippen molar-refractivity contribution in [1.82, 2.24) is 20.1 Å². The molecule has 2 aliphatic rings. The Balaban J connectivity index is 1.91. The molecule has 20 heavy (non-hydrogen) atoms. The van der Waals surface area contributed by atoms with Crippen molar-refractivity contribution in [3.63, 3.8) is 0 Å². The molecule has 2 N–H and O–H groups in total. The number of nitrogens with zero attached hydrogens (tertiary/aromatic N) is 4. The van der Waals surface area contributed by atoms with Crippen molar-refractivity contribution in [2.24, 2.45) is 0 Å². The molecular weight excluding hydrogens is 273 g/mol. The van der Waals surface area contributed by atoms with Gasteiger partial charge >= 0.3 is 6.18 Å². The highest BCUT2D eigenvalue weighted by atomic mass is 19.4. The third-order valence-electron chi connectivity index (χ3n) is 3.65. The Morgan fingerprint density at radius 3 is 2.60 bits per heavy atom. The number of hydrogen-bond acceptors (Lipinski definition) is 5. The van der Waals surface area contributed by atoms with Crippen LogP contribution in [0.4, 0.5) is 25.1 Å². The summed E-state index contributed by atoms with van der Waals surface area (Å²) in [7, 11) is 0. The molecule has 0 amide bonds. The standard InChI is InChI=1S/C11H17F3N6/c1-7-6-8(11(12,13)14)20-9(16-7)17-10(18-20)19-4-2-15-3-5-19/h7-8,15H,2-6H2,1H3,(H,16,17,18). The van der Waals surface area contributed by atoms with E-state index in [-0.39, 0.29) is 18.4 Å². The Kier molecular flexibility index (Phi) is 3.23. The fraction of sp³-hybridized carbons (Fsp3) is 0.818. The van der Waals surface area contributed by atoms with Crippen LogP contribution < -0.4 is 15.5 Å². The maximum Gasteiger partial charge on any atom is 0.411 e. The molecule has 2 atom stereocenters. The van der Waals surface area contributed by atoms with Crippen molar-refractivity contribution in [3.8, 4) is 0 Å². The number of rotatable bonds is 1. The molecule has 0 spiro atoms. The Morgan fingerprint density at radius 2 is 1.95 bits per heavy atom. The molecule has 2 unspecified atom stereocenters. The summed E-state index contributed by atoms with van der Waals surface area (Å²) in [4.78, 5) is 6.13. The molecule has 3 heterocycles. The van der Waals surface area contributed by atoms with Gasteiger partial charge in [-0.2, -0.15) is 18.2 Å². The molecular formula is C11H17F3N6. The van der Waals surface area contributed by atoms with Gasteiger partial charge in [-0.1, -0.05) is 0 Å². The van der Waals surface area contributed by atoms with Gasteiger partial charge in [0.1, 0.15) is 0 Å². The monoisotopic (exact) mass is 290 g/mol. The van der Waals surface area contributed by atoms with Gasteiger partial charge in [-0.25, -0.2) is 4.68 Å². The zero-order valence-electron chi connectivity index (χ0n) is 11.1. The second kappa shape index (κ2) is 4.80. The van der Waals surface area contributed by atoms with E-state index >= 15 is 0 Å². The van der Waals surface area contributed by atoms with E-state index in [0.29, 0.717) is 19.0 Å². The van der Waals surface area contributed by atoms with E-state index in [1.807, 2.05) is 4.90 Å². The van der Waals surface area contributed by atoms with Gasteiger partial charge in [0.25, 0.3) is 0 Å². The first-order valence-electron chi connectivity index (χ1n) is 6.70. The van der Waals surface area contributed by atoms with E-state index in [1.54, 1.807) is 6.92 Å². The predicted octanol–water partition coefficient (Wildman–Crippen LogP) is 0.995.